The van der Waals surface area contributed by atoms with Crippen LogP contribution in [0.1, 0.15) is 37.8 Å². The van der Waals surface area contributed by atoms with E-state index in [1.165, 1.54) is 11.1 Å². The van der Waals surface area contributed by atoms with Gasteiger partial charge in [-0.3, -0.25) is 4.79 Å². The molecule has 6 heteroatoms. The highest BCUT2D eigenvalue weighted by molar-refractivity contribution is 7.91. The Kier molecular flexibility index (Phi) is 6.04. The Hall–Kier alpha value is -1.56. The molecule has 1 saturated heterocycles. The zero-order valence-corrected chi connectivity index (χ0v) is 14.7. The first-order valence-electron chi connectivity index (χ1n) is 8.29. The Morgan fingerprint density at radius 1 is 1.22 bits per heavy atom. The molecule has 2 rings (SSSR count). The van der Waals surface area contributed by atoms with Crippen LogP contribution in [0.4, 0.5) is 5.69 Å². The Balaban J connectivity index is 1.84. The summed E-state index contributed by atoms with van der Waals surface area (Å²) >= 11 is 0. The van der Waals surface area contributed by atoms with E-state index in [-0.39, 0.29) is 23.5 Å². The Bertz CT molecular complexity index is 634. The second-order valence-electron chi connectivity index (χ2n) is 6.00. The summed E-state index contributed by atoms with van der Waals surface area (Å²) in [5.74, 6) is 0.164. The lowest BCUT2D eigenvalue weighted by Crippen LogP contribution is -2.36. The predicted octanol–water partition coefficient (Wildman–Crippen LogP) is 1.92. The van der Waals surface area contributed by atoms with Crippen molar-refractivity contribution in [2.24, 2.45) is 0 Å². The minimum absolute atomic E-state index is 0.0742. The SMILES string of the molecule is CCc1cccc(CC)c1NCCC(=O)NC1CCS(=O)(=O)C1. The summed E-state index contributed by atoms with van der Waals surface area (Å²) in [7, 11) is -2.95. The summed E-state index contributed by atoms with van der Waals surface area (Å²) in [4.78, 5) is 12.0. The van der Waals surface area contributed by atoms with Gasteiger partial charge in [0.1, 0.15) is 0 Å². The molecule has 1 heterocycles. The molecule has 1 aromatic rings. The number of amides is 1. The number of benzene rings is 1. The van der Waals surface area contributed by atoms with Crippen molar-refractivity contribution in [1.82, 2.24) is 5.32 Å². The van der Waals surface area contributed by atoms with Gasteiger partial charge in [0, 0.05) is 24.7 Å². The first-order chi connectivity index (χ1) is 10.9. The average molecular weight is 338 g/mol. The molecule has 1 aliphatic rings. The molecule has 0 aromatic heterocycles. The fraction of sp³-hybridized carbons (Fsp3) is 0.588. The minimum atomic E-state index is -2.95. The number of hydrogen-bond donors (Lipinski definition) is 2. The van der Waals surface area contributed by atoms with Gasteiger partial charge in [-0.25, -0.2) is 8.42 Å². The van der Waals surface area contributed by atoms with Crippen LogP contribution >= 0.6 is 0 Å². The van der Waals surface area contributed by atoms with Crippen molar-refractivity contribution < 1.29 is 13.2 Å². The van der Waals surface area contributed by atoms with Crippen molar-refractivity contribution in [2.75, 3.05) is 23.4 Å². The molecule has 5 nitrogen and oxygen atoms in total. The second kappa shape index (κ2) is 7.81. The molecule has 0 saturated carbocycles. The van der Waals surface area contributed by atoms with Gasteiger partial charge < -0.3 is 10.6 Å². The van der Waals surface area contributed by atoms with Crippen LogP contribution in [-0.2, 0) is 27.5 Å². The number of nitrogens with one attached hydrogen (secondary N) is 2. The summed E-state index contributed by atoms with van der Waals surface area (Å²) in [5, 5.41) is 6.20. The fourth-order valence-corrected chi connectivity index (χ4v) is 4.65. The molecule has 0 bridgehead atoms. The summed E-state index contributed by atoms with van der Waals surface area (Å²) in [6.45, 7) is 4.79. The van der Waals surface area contributed by atoms with Gasteiger partial charge in [-0.1, -0.05) is 32.0 Å². The maximum atomic E-state index is 12.0. The number of rotatable bonds is 7. The normalized spacial score (nSPS) is 19.5. The van der Waals surface area contributed by atoms with Crippen molar-refractivity contribution in [3.8, 4) is 0 Å². The number of para-hydroxylation sites is 1. The maximum Gasteiger partial charge on any atom is 0.222 e. The highest BCUT2D eigenvalue weighted by atomic mass is 32.2. The zero-order valence-electron chi connectivity index (χ0n) is 13.9. The van der Waals surface area contributed by atoms with Crippen LogP contribution in [0.25, 0.3) is 0 Å². The standard InChI is InChI=1S/C17H26N2O3S/c1-3-13-6-5-7-14(4-2)17(13)18-10-8-16(20)19-15-9-11-23(21,22)12-15/h5-7,15,18H,3-4,8-12H2,1-2H3,(H,19,20). The van der Waals surface area contributed by atoms with E-state index in [1.807, 2.05) is 0 Å². The molecule has 1 unspecified atom stereocenters. The third-order valence-electron chi connectivity index (χ3n) is 4.25. The van der Waals surface area contributed by atoms with E-state index in [4.69, 9.17) is 0 Å². The maximum absolute atomic E-state index is 12.0. The van der Waals surface area contributed by atoms with Crippen molar-refractivity contribution in [2.45, 2.75) is 45.6 Å². The molecule has 0 aliphatic carbocycles. The number of carbonyl (C=O) groups excluding carboxylic acids is 1. The van der Waals surface area contributed by atoms with E-state index >= 15 is 0 Å². The molecule has 1 amide bonds. The molecule has 0 radical (unpaired) electrons. The van der Waals surface area contributed by atoms with Gasteiger partial charge >= 0.3 is 0 Å². The number of aryl methyl sites for hydroxylation is 2. The highest BCUT2D eigenvalue weighted by Crippen LogP contribution is 2.22. The van der Waals surface area contributed by atoms with Gasteiger partial charge in [-0.05, 0) is 30.4 Å². The van der Waals surface area contributed by atoms with Gasteiger partial charge in [0.25, 0.3) is 0 Å². The van der Waals surface area contributed by atoms with Crippen LogP contribution in [0.15, 0.2) is 18.2 Å². The van der Waals surface area contributed by atoms with Crippen LogP contribution in [0.3, 0.4) is 0 Å². The van der Waals surface area contributed by atoms with Gasteiger partial charge in [0.05, 0.1) is 11.5 Å². The number of carbonyl (C=O) groups is 1. The Labute approximate surface area is 138 Å². The monoisotopic (exact) mass is 338 g/mol. The molecule has 0 spiro atoms. The van der Waals surface area contributed by atoms with Crippen LogP contribution in [0, 0.1) is 0 Å². The molecule has 1 aliphatic heterocycles. The van der Waals surface area contributed by atoms with E-state index in [0.29, 0.717) is 19.4 Å². The molecular weight excluding hydrogens is 312 g/mol. The van der Waals surface area contributed by atoms with Crippen molar-refractivity contribution in [1.29, 1.82) is 0 Å². The number of hydrogen-bond acceptors (Lipinski definition) is 4. The summed E-state index contributed by atoms with van der Waals surface area (Å²) < 4.78 is 22.8. The Morgan fingerprint density at radius 3 is 2.39 bits per heavy atom. The van der Waals surface area contributed by atoms with Gasteiger partial charge in [0.2, 0.25) is 5.91 Å². The van der Waals surface area contributed by atoms with Gasteiger partial charge in [0.15, 0.2) is 9.84 Å². The molecule has 128 valence electrons. The number of anilines is 1. The van der Waals surface area contributed by atoms with Crippen molar-refractivity contribution in [3.05, 3.63) is 29.3 Å². The Morgan fingerprint density at radius 2 is 1.87 bits per heavy atom. The van der Waals surface area contributed by atoms with Crippen LogP contribution in [0.2, 0.25) is 0 Å². The van der Waals surface area contributed by atoms with Crippen LogP contribution < -0.4 is 10.6 Å². The summed E-state index contributed by atoms with van der Waals surface area (Å²) in [5.41, 5.74) is 3.65. The largest absolute Gasteiger partial charge is 0.384 e. The lowest BCUT2D eigenvalue weighted by atomic mass is 10.0. The highest BCUT2D eigenvalue weighted by Gasteiger charge is 2.28. The van der Waals surface area contributed by atoms with Crippen LogP contribution in [-0.4, -0.2) is 38.4 Å². The minimum Gasteiger partial charge on any atom is -0.384 e. The van der Waals surface area contributed by atoms with E-state index in [2.05, 4.69) is 42.7 Å². The topological polar surface area (TPSA) is 75.3 Å². The smallest absolute Gasteiger partial charge is 0.222 e. The predicted molar refractivity (Wildman–Crippen MR) is 93.5 cm³/mol. The van der Waals surface area contributed by atoms with E-state index < -0.39 is 9.84 Å². The molecule has 23 heavy (non-hydrogen) atoms. The molecule has 1 atom stereocenters. The van der Waals surface area contributed by atoms with E-state index in [9.17, 15) is 13.2 Å². The first kappa shape index (κ1) is 17.8. The van der Waals surface area contributed by atoms with Crippen molar-refractivity contribution in [3.63, 3.8) is 0 Å². The third-order valence-corrected chi connectivity index (χ3v) is 6.02. The molecule has 2 N–H and O–H groups in total. The van der Waals surface area contributed by atoms with Crippen LogP contribution in [0.5, 0.6) is 0 Å². The van der Waals surface area contributed by atoms with Gasteiger partial charge in [-0.15, -0.1) is 0 Å². The summed E-state index contributed by atoms with van der Waals surface area (Å²) in [6.07, 6.45) is 2.77. The zero-order chi connectivity index (χ0) is 16.9. The summed E-state index contributed by atoms with van der Waals surface area (Å²) in [6, 6.07) is 6.05. The average Bonchev–Trinajstić information content (AvgIpc) is 2.85. The molecule has 1 fully saturated rings. The lowest BCUT2D eigenvalue weighted by Gasteiger charge is -2.16. The molecular formula is C17H26N2O3S. The van der Waals surface area contributed by atoms with Gasteiger partial charge in [-0.2, -0.15) is 0 Å². The van der Waals surface area contributed by atoms with E-state index in [1.54, 1.807) is 0 Å². The first-order valence-corrected chi connectivity index (χ1v) is 10.1. The van der Waals surface area contributed by atoms with Crippen molar-refractivity contribution >= 4 is 21.4 Å². The quantitative estimate of drug-likeness (QED) is 0.796. The molecule has 1 aromatic carbocycles. The van der Waals surface area contributed by atoms with E-state index in [0.717, 1.165) is 18.5 Å². The third kappa shape index (κ3) is 4.96. The number of sulfone groups is 1. The second-order valence-corrected chi connectivity index (χ2v) is 8.23. The lowest BCUT2D eigenvalue weighted by molar-refractivity contribution is -0.121. The fourth-order valence-electron chi connectivity index (χ4n) is 2.98.